The second-order valence-electron chi connectivity index (χ2n) is 12.3. The van der Waals surface area contributed by atoms with Gasteiger partial charge in [-0.2, -0.15) is 0 Å². The smallest absolute Gasteiger partial charge is 0.0540 e. The van der Waals surface area contributed by atoms with Crippen LogP contribution in [0, 0.1) is 0 Å². The normalized spacial score (nSPS) is 13.5. The van der Waals surface area contributed by atoms with E-state index in [4.69, 9.17) is 0 Å². The Kier molecular flexibility index (Phi) is 7.90. The summed E-state index contributed by atoms with van der Waals surface area (Å²) in [5, 5.41) is 4.90. The fraction of sp³-hybridized carbons (Fsp3) is 0.0435. The summed E-state index contributed by atoms with van der Waals surface area (Å²) in [5.74, 6) is 0. The lowest BCUT2D eigenvalue weighted by molar-refractivity contribution is 1.13. The predicted octanol–water partition coefficient (Wildman–Crippen LogP) is 12.4. The fourth-order valence-corrected chi connectivity index (χ4v) is 7.07. The van der Waals surface area contributed by atoms with Crippen LogP contribution in [0.25, 0.3) is 21.5 Å². The number of hydrogen-bond acceptors (Lipinski definition) is 2. The van der Waals surface area contributed by atoms with Gasteiger partial charge in [-0.05, 0) is 95.4 Å². The minimum absolute atomic E-state index is 0.897. The van der Waals surface area contributed by atoms with E-state index in [0.29, 0.717) is 0 Å². The molecule has 7 aromatic rings. The minimum atomic E-state index is 0.897. The Labute approximate surface area is 282 Å². The van der Waals surface area contributed by atoms with Crippen molar-refractivity contribution in [3.63, 3.8) is 0 Å². The topological polar surface area (TPSA) is 6.48 Å². The lowest BCUT2D eigenvalue weighted by Crippen LogP contribution is -2.16. The minimum Gasteiger partial charge on any atom is -0.310 e. The second kappa shape index (κ2) is 12.9. The van der Waals surface area contributed by atoms with Crippen LogP contribution in [-0.4, -0.2) is 0 Å². The fourth-order valence-electron chi connectivity index (χ4n) is 7.07. The Morgan fingerprint density at radius 3 is 1.75 bits per heavy atom. The largest absolute Gasteiger partial charge is 0.310 e. The number of para-hydroxylation sites is 2. The van der Waals surface area contributed by atoms with Crippen molar-refractivity contribution in [1.82, 2.24) is 0 Å². The third-order valence-electron chi connectivity index (χ3n) is 9.23. The first-order valence-corrected chi connectivity index (χ1v) is 16.6. The predicted molar refractivity (Wildman–Crippen MR) is 205 cm³/mol. The van der Waals surface area contributed by atoms with Gasteiger partial charge < -0.3 is 9.80 Å². The lowest BCUT2D eigenvalue weighted by atomic mass is 10.0. The Bertz CT molecular complexity index is 2300. The molecule has 0 unspecified atom stereocenters. The molecule has 0 fully saturated rings. The zero-order valence-electron chi connectivity index (χ0n) is 26.8. The van der Waals surface area contributed by atoms with Crippen LogP contribution in [0.2, 0.25) is 0 Å². The summed E-state index contributed by atoms with van der Waals surface area (Å²) < 4.78 is 0. The molecule has 0 spiro atoms. The van der Waals surface area contributed by atoms with E-state index in [1.807, 2.05) is 6.08 Å². The van der Waals surface area contributed by atoms with Crippen molar-refractivity contribution in [2.75, 3.05) is 9.80 Å². The molecule has 0 aromatic heterocycles. The van der Waals surface area contributed by atoms with Crippen LogP contribution in [0.1, 0.15) is 11.1 Å². The molecule has 0 amide bonds. The van der Waals surface area contributed by atoms with Crippen LogP contribution in [0.15, 0.2) is 200 Å². The summed E-state index contributed by atoms with van der Waals surface area (Å²) in [6.45, 7) is 4.12. The Balaban J connectivity index is 1.19. The first kappa shape index (κ1) is 29.3. The molecule has 0 radical (unpaired) electrons. The van der Waals surface area contributed by atoms with Crippen LogP contribution < -0.4 is 9.80 Å². The monoisotopic (exact) mass is 616 g/mol. The molecule has 0 heterocycles. The van der Waals surface area contributed by atoms with Crippen molar-refractivity contribution in [2.45, 2.75) is 12.8 Å². The third-order valence-corrected chi connectivity index (χ3v) is 9.23. The van der Waals surface area contributed by atoms with Crippen LogP contribution >= 0.6 is 0 Å². The van der Waals surface area contributed by atoms with Gasteiger partial charge in [0.05, 0.1) is 11.4 Å². The van der Waals surface area contributed by atoms with Crippen LogP contribution in [0.3, 0.4) is 0 Å². The second-order valence-corrected chi connectivity index (χ2v) is 12.3. The molecular weight excluding hydrogens is 581 g/mol. The zero-order valence-corrected chi connectivity index (χ0v) is 26.8. The molecule has 0 saturated carbocycles. The maximum atomic E-state index is 4.12. The van der Waals surface area contributed by atoms with Gasteiger partial charge in [0.1, 0.15) is 0 Å². The van der Waals surface area contributed by atoms with E-state index in [1.165, 1.54) is 49.6 Å². The van der Waals surface area contributed by atoms with Crippen molar-refractivity contribution in [2.24, 2.45) is 0 Å². The van der Waals surface area contributed by atoms with Gasteiger partial charge in [-0.3, -0.25) is 0 Å². The van der Waals surface area contributed by atoms with E-state index >= 15 is 0 Å². The van der Waals surface area contributed by atoms with Crippen molar-refractivity contribution in [3.05, 3.63) is 211 Å². The van der Waals surface area contributed by atoms with Gasteiger partial charge >= 0.3 is 0 Å². The van der Waals surface area contributed by atoms with Crippen molar-refractivity contribution < 1.29 is 0 Å². The Morgan fingerprint density at radius 1 is 0.500 bits per heavy atom. The van der Waals surface area contributed by atoms with E-state index in [9.17, 15) is 0 Å². The van der Waals surface area contributed by atoms with Crippen molar-refractivity contribution >= 4 is 50.0 Å². The Morgan fingerprint density at radius 2 is 1.06 bits per heavy atom. The molecule has 48 heavy (non-hydrogen) atoms. The molecule has 2 nitrogen and oxygen atoms in total. The number of anilines is 5. The highest BCUT2D eigenvalue weighted by atomic mass is 15.2. The summed E-state index contributed by atoms with van der Waals surface area (Å²) in [6, 6.07) is 58.7. The Hall–Kier alpha value is -6.12. The maximum Gasteiger partial charge on any atom is 0.0540 e. The molecule has 0 bridgehead atoms. The highest BCUT2D eigenvalue weighted by Gasteiger charge is 2.22. The molecule has 8 rings (SSSR count). The third kappa shape index (κ3) is 5.59. The van der Waals surface area contributed by atoms with Gasteiger partial charge in [-0.25, -0.2) is 0 Å². The van der Waals surface area contributed by atoms with Crippen molar-refractivity contribution in [3.8, 4) is 0 Å². The molecule has 0 N–H and O–H groups in total. The molecule has 1 aliphatic rings. The lowest BCUT2D eigenvalue weighted by Gasteiger charge is -2.28. The molecule has 7 aromatic carbocycles. The average molecular weight is 617 g/mol. The highest BCUT2D eigenvalue weighted by molar-refractivity contribution is 5.99. The number of nitrogens with zero attached hydrogens (tertiary/aromatic N) is 2. The number of fused-ring (bicyclic) bond motifs is 3. The summed E-state index contributed by atoms with van der Waals surface area (Å²) in [5.41, 5.74) is 11.0. The molecule has 1 aliphatic carbocycles. The zero-order chi connectivity index (χ0) is 32.3. The number of benzene rings is 7. The van der Waals surface area contributed by atoms with E-state index in [0.717, 1.165) is 35.6 Å². The highest BCUT2D eigenvalue weighted by Crippen LogP contribution is 2.42. The molecule has 0 saturated heterocycles. The van der Waals surface area contributed by atoms with Gasteiger partial charge in [-0.1, -0.05) is 133 Å². The number of allylic oxidation sites excluding steroid dienone is 4. The number of rotatable bonds is 8. The molecule has 2 heteroatoms. The quantitative estimate of drug-likeness (QED) is 0.157. The van der Waals surface area contributed by atoms with Gasteiger partial charge in [0.25, 0.3) is 0 Å². The SMILES string of the molecule is C=C/C=C(/C=C1\Cc2ccc(N(c3ccccc3)c3cccc4ccccc34)cc2C1)N(c1ccccc1)c1cccc2ccccc12. The van der Waals surface area contributed by atoms with E-state index in [-0.39, 0.29) is 0 Å². The average Bonchev–Trinajstić information content (AvgIpc) is 3.55. The molecular formula is C46H36N2. The standard InChI is InChI=1S/C46H36N2/c1-2-15-41(47(39-20-5-3-6-21-39)45-26-13-18-35-16-9-11-24-43(35)45)32-34-30-37-28-29-42(33-38(37)31-34)48(40-22-7-4-8-23-40)46-27-14-19-36-17-10-12-25-44(36)46/h2-29,32-33H,1,30-31H2/b34-32+,41-15-. The van der Waals surface area contributed by atoms with Crippen LogP contribution in [0.4, 0.5) is 28.4 Å². The molecule has 230 valence electrons. The van der Waals surface area contributed by atoms with E-state index in [2.05, 4.69) is 192 Å². The van der Waals surface area contributed by atoms with Crippen LogP contribution in [-0.2, 0) is 12.8 Å². The maximum absolute atomic E-state index is 4.12. The van der Waals surface area contributed by atoms with Crippen molar-refractivity contribution in [1.29, 1.82) is 0 Å². The molecule has 0 aliphatic heterocycles. The number of hydrogen-bond donors (Lipinski definition) is 0. The van der Waals surface area contributed by atoms with Crippen LogP contribution in [0.5, 0.6) is 0 Å². The summed E-state index contributed by atoms with van der Waals surface area (Å²) >= 11 is 0. The van der Waals surface area contributed by atoms with E-state index in [1.54, 1.807) is 0 Å². The van der Waals surface area contributed by atoms with Gasteiger partial charge in [-0.15, -0.1) is 0 Å². The summed E-state index contributed by atoms with van der Waals surface area (Å²) in [4.78, 5) is 4.76. The summed E-state index contributed by atoms with van der Waals surface area (Å²) in [7, 11) is 0. The first-order chi connectivity index (χ1) is 23.8. The van der Waals surface area contributed by atoms with E-state index < -0.39 is 0 Å². The summed E-state index contributed by atoms with van der Waals surface area (Å²) in [6.07, 6.45) is 8.22. The molecule has 0 atom stereocenters. The van der Waals surface area contributed by atoms with Gasteiger partial charge in [0.2, 0.25) is 0 Å². The van der Waals surface area contributed by atoms with Gasteiger partial charge in [0, 0.05) is 33.5 Å². The van der Waals surface area contributed by atoms with Gasteiger partial charge in [0.15, 0.2) is 0 Å². The first-order valence-electron chi connectivity index (χ1n) is 16.6.